The van der Waals surface area contributed by atoms with E-state index in [9.17, 15) is 4.79 Å². The number of piperidine rings is 1. The fourth-order valence-corrected chi connectivity index (χ4v) is 1.37. The number of carbonyl (C=O) groups excluding carboxylic acids is 1. The van der Waals surface area contributed by atoms with Crippen LogP contribution in [0.1, 0.15) is 19.3 Å². The van der Waals surface area contributed by atoms with Gasteiger partial charge in [0.2, 0.25) is 5.91 Å². The Morgan fingerprint density at radius 2 is 2.50 bits per heavy atom. The van der Waals surface area contributed by atoms with Crippen molar-refractivity contribution in [2.75, 3.05) is 13.1 Å². The highest BCUT2D eigenvalue weighted by Crippen LogP contribution is 2.06. The van der Waals surface area contributed by atoms with Gasteiger partial charge in [-0.2, -0.15) is 0 Å². The van der Waals surface area contributed by atoms with E-state index in [1.54, 1.807) is 6.08 Å². The van der Waals surface area contributed by atoms with Crippen LogP contribution in [0.5, 0.6) is 0 Å². The van der Waals surface area contributed by atoms with Crippen LogP contribution in [-0.4, -0.2) is 25.0 Å². The number of rotatable bonds is 3. The van der Waals surface area contributed by atoms with Crippen molar-refractivity contribution in [2.24, 2.45) is 0 Å². The largest absolute Gasteiger partial charge is 0.351 e. The van der Waals surface area contributed by atoms with Crippen LogP contribution in [-0.2, 0) is 4.79 Å². The molecular weight excluding hydrogens is 152 g/mol. The van der Waals surface area contributed by atoms with Crippen molar-refractivity contribution in [3.05, 3.63) is 12.7 Å². The van der Waals surface area contributed by atoms with Crippen molar-refractivity contribution in [1.29, 1.82) is 0 Å². The molecule has 0 radical (unpaired) electrons. The van der Waals surface area contributed by atoms with E-state index in [-0.39, 0.29) is 11.9 Å². The molecule has 3 nitrogen and oxygen atoms in total. The van der Waals surface area contributed by atoms with Gasteiger partial charge in [0, 0.05) is 6.54 Å². The van der Waals surface area contributed by atoms with Crippen molar-refractivity contribution in [3.8, 4) is 0 Å². The minimum Gasteiger partial charge on any atom is -0.351 e. The van der Waals surface area contributed by atoms with Gasteiger partial charge in [0.05, 0.1) is 6.04 Å². The first-order valence-corrected chi connectivity index (χ1v) is 4.46. The van der Waals surface area contributed by atoms with Gasteiger partial charge in [-0.05, 0) is 19.4 Å². The number of amides is 1. The van der Waals surface area contributed by atoms with E-state index in [0.717, 1.165) is 19.4 Å². The third-order valence-electron chi connectivity index (χ3n) is 2.05. The van der Waals surface area contributed by atoms with Crippen LogP contribution in [0.3, 0.4) is 0 Å². The number of nitrogens with one attached hydrogen (secondary N) is 2. The molecule has 1 heterocycles. The Morgan fingerprint density at radius 1 is 1.67 bits per heavy atom. The van der Waals surface area contributed by atoms with E-state index in [2.05, 4.69) is 17.2 Å². The van der Waals surface area contributed by atoms with Crippen LogP contribution >= 0.6 is 0 Å². The van der Waals surface area contributed by atoms with E-state index < -0.39 is 0 Å². The maximum absolute atomic E-state index is 11.3. The minimum atomic E-state index is 0.0266. The number of hydrogen-bond acceptors (Lipinski definition) is 2. The monoisotopic (exact) mass is 168 g/mol. The summed E-state index contributed by atoms with van der Waals surface area (Å²) in [5, 5.41) is 5.96. The zero-order chi connectivity index (χ0) is 8.81. The van der Waals surface area contributed by atoms with Crippen LogP contribution in [0, 0.1) is 0 Å². The molecule has 2 N–H and O–H groups in total. The normalized spacial score (nSPS) is 23.2. The van der Waals surface area contributed by atoms with Crippen LogP contribution in [0.2, 0.25) is 0 Å². The summed E-state index contributed by atoms with van der Waals surface area (Å²) in [6.07, 6.45) is 4.99. The molecule has 1 fully saturated rings. The molecule has 0 saturated carbocycles. The molecule has 1 aliphatic rings. The summed E-state index contributed by atoms with van der Waals surface area (Å²) in [5.74, 6) is 0.106. The molecule has 0 unspecified atom stereocenters. The summed E-state index contributed by atoms with van der Waals surface area (Å²) < 4.78 is 0. The predicted molar refractivity (Wildman–Crippen MR) is 48.8 cm³/mol. The highest BCUT2D eigenvalue weighted by Gasteiger charge is 2.19. The molecule has 12 heavy (non-hydrogen) atoms. The van der Waals surface area contributed by atoms with Gasteiger partial charge in [-0.3, -0.25) is 4.79 Å². The van der Waals surface area contributed by atoms with Crippen LogP contribution in [0.15, 0.2) is 12.7 Å². The van der Waals surface area contributed by atoms with Gasteiger partial charge in [-0.25, -0.2) is 0 Å². The van der Waals surface area contributed by atoms with Crippen molar-refractivity contribution in [1.82, 2.24) is 10.6 Å². The molecule has 0 aliphatic carbocycles. The third kappa shape index (κ3) is 2.66. The van der Waals surface area contributed by atoms with Crippen molar-refractivity contribution >= 4 is 5.91 Å². The van der Waals surface area contributed by atoms with Crippen molar-refractivity contribution in [3.63, 3.8) is 0 Å². The molecule has 0 aromatic carbocycles. The topological polar surface area (TPSA) is 41.1 Å². The quantitative estimate of drug-likeness (QED) is 0.600. The molecule has 1 rings (SSSR count). The first-order valence-electron chi connectivity index (χ1n) is 4.46. The molecule has 1 atom stereocenters. The first-order chi connectivity index (χ1) is 5.84. The lowest BCUT2D eigenvalue weighted by atomic mass is 10.0. The van der Waals surface area contributed by atoms with Gasteiger partial charge in [0.25, 0.3) is 0 Å². The van der Waals surface area contributed by atoms with Crippen LogP contribution < -0.4 is 10.6 Å². The summed E-state index contributed by atoms with van der Waals surface area (Å²) in [4.78, 5) is 11.3. The van der Waals surface area contributed by atoms with Gasteiger partial charge in [0.15, 0.2) is 0 Å². The smallest absolute Gasteiger partial charge is 0.237 e. The molecule has 1 saturated heterocycles. The highest BCUT2D eigenvalue weighted by molar-refractivity contribution is 5.81. The molecule has 1 amide bonds. The standard InChI is InChI=1S/C9H16N2O/c1-2-6-11-9(12)8-5-3-4-7-10-8/h2,8,10H,1,3-7H2,(H,11,12)/t8-/m1/s1. The van der Waals surface area contributed by atoms with Crippen LogP contribution in [0.25, 0.3) is 0 Å². The number of hydrogen-bond donors (Lipinski definition) is 2. The second-order valence-electron chi connectivity index (χ2n) is 3.04. The van der Waals surface area contributed by atoms with E-state index in [4.69, 9.17) is 0 Å². The maximum atomic E-state index is 11.3. The SMILES string of the molecule is C=CCNC(=O)[C@H]1CCCCN1. The zero-order valence-electron chi connectivity index (χ0n) is 7.31. The Bertz CT molecular complexity index is 162. The van der Waals surface area contributed by atoms with Crippen molar-refractivity contribution in [2.45, 2.75) is 25.3 Å². The summed E-state index contributed by atoms with van der Waals surface area (Å²) in [6.45, 7) is 5.07. The van der Waals surface area contributed by atoms with E-state index >= 15 is 0 Å². The second kappa shape index (κ2) is 4.93. The van der Waals surface area contributed by atoms with Gasteiger partial charge in [-0.1, -0.05) is 12.5 Å². The van der Waals surface area contributed by atoms with E-state index in [1.165, 1.54) is 6.42 Å². The second-order valence-corrected chi connectivity index (χ2v) is 3.04. The maximum Gasteiger partial charge on any atom is 0.237 e. The Kier molecular flexibility index (Phi) is 3.80. The van der Waals surface area contributed by atoms with Gasteiger partial charge >= 0.3 is 0 Å². The Labute approximate surface area is 73.2 Å². The molecule has 0 spiro atoms. The van der Waals surface area contributed by atoms with Crippen molar-refractivity contribution < 1.29 is 4.79 Å². The lowest BCUT2D eigenvalue weighted by molar-refractivity contribution is -0.123. The van der Waals surface area contributed by atoms with Crippen LogP contribution in [0.4, 0.5) is 0 Å². The molecule has 68 valence electrons. The van der Waals surface area contributed by atoms with E-state index in [0.29, 0.717) is 6.54 Å². The summed E-state index contributed by atoms with van der Waals surface area (Å²) >= 11 is 0. The fraction of sp³-hybridized carbons (Fsp3) is 0.667. The Morgan fingerprint density at radius 3 is 3.08 bits per heavy atom. The molecule has 0 aromatic rings. The highest BCUT2D eigenvalue weighted by atomic mass is 16.2. The van der Waals surface area contributed by atoms with Gasteiger partial charge in [-0.15, -0.1) is 6.58 Å². The Balaban J connectivity index is 2.24. The van der Waals surface area contributed by atoms with Gasteiger partial charge in [0.1, 0.15) is 0 Å². The minimum absolute atomic E-state index is 0.0266. The molecule has 1 aliphatic heterocycles. The third-order valence-corrected chi connectivity index (χ3v) is 2.05. The lowest BCUT2D eigenvalue weighted by Crippen LogP contribution is -2.46. The summed E-state index contributed by atoms with van der Waals surface area (Å²) in [6, 6.07) is 0.0266. The average Bonchev–Trinajstić information content (AvgIpc) is 2.15. The molecule has 0 bridgehead atoms. The average molecular weight is 168 g/mol. The fourth-order valence-electron chi connectivity index (χ4n) is 1.37. The molecule has 3 heteroatoms. The first kappa shape index (κ1) is 9.26. The number of carbonyl (C=O) groups is 1. The summed E-state index contributed by atoms with van der Waals surface area (Å²) in [7, 11) is 0. The van der Waals surface area contributed by atoms with E-state index in [1.807, 2.05) is 0 Å². The Hall–Kier alpha value is -0.830. The van der Waals surface area contributed by atoms with Gasteiger partial charge < -0.3 is 10.6 Å². The summed E-state index contributed by atoms with van der Waals surface area (Å²) in [5.41, 5.74) is 0. The molecule has 0 aromatic heterocycles. The predicted octanol–water partition coefficient (Wildman–Crippen LogP) is 0.431. The molecular formula is C9H16N2O. The zero-order valence-corrected chi connectivity index (χ0v) is 7.31. The lowest BCUT2D eigenvalue weighted by Gasteiger charge is -2.22.